The smallest absolute Gasteiger partial charge is 0.0645 e. The molecule has 0 aliphatic heterocycles. The van der Waals surface area contributed by atoms with Crippen molar-refractivity contribution in [1.29, 1.82) is 0 Å². The molecule has 0 spiro atoms. The zero-order valence-corrected chi connectivity index (χ0v) is 37.7. The van der Waals surface area contributed by atoms with Crippen molar-refractivity contribution in [2.24, 2.45) is 0 Å². The number of anilines is 3. The van der Waals surface area contributed by atoms with Crippen LogP contribution in [0.4, 0.5) is 17.1 Å². The van der Waals surface area contributed by atoms with Gasteiger partial charge < -0.3 is 14.0 Å². The highest BCUT2D eigenvalue weighted by Crippen LogP contribution is 2.44. The Morgan fingerprint density at radius 2 is 0.870 bits per heavy atom. The van der Waals surface area contributed by atoms with Gasteiger partial charge in [0.05, 0.1) is 34.0 Å². The Morgan fingerprint density at radius 1 is 0.304 bits per heavy atom. The lowest BCUT2D eigenvalue weighted by molar-refractivity contribution is 1.14. The maximum atomic E-state index is 4.60. The minimum Gasteiger partial charge on any atom is -0.310 e. The van der Waals surface area contributed by atoms with Crippen molar-refractivity contribution in [2.75, 3.05) is 4.90 Å². The van der Waals surface area contributed by atoms with Crippen LogP contribution in [0, 0.1) is 0 Å². The summed E-state index contributed by atoms with van der Waals surface area (Å²) in [5, 5.41) is 4.89. The van der Waals surface area contributed by atoms with E-state index in [4.69, 9.17) is 0 Å². The summed E-state index contributed by atoms with van der Waals surface area (Å²) in [5.41, 5.74) is 19.5. The number of benzene rings is 10. The second-order valence-corrected chi connectivity index (χ2v) is 17.6. The molecule has 0 atom stereocenters. The number of nitrogens with zero attached hydrogens (tertiary/aromatic N) is 4. The molecule has 0 N–H and O–H groups in total. The molecule has 324 valence electrons. The lowest BCUT2D eigenvalue weighted by atomic mass is 9.95. The van der Waals surface area contributed by atoms with Crippen LogP contribution in [0.25, 0.3) is 99.5 Å². The first kappa shape index (κ1) is 40.1. The Bertz CT molecular complexity index is 3970. The minimum absolute atomic E-state index is 1.02. The molecular weight excluding hydrogens is 837 g/mol. The SMILES string of the molecule is c1ccc(-c2cccc(N(c3ccccc3)c3ccc(-c4cc(-c5ccc(-n6c7ccccc7c7c(-c8ccccc8)cccc76)cc5)c5c(c4)c4ccccc4n5-c4cccnc4)cc3)c2)cc1. The van der Waals surface area contributed by atoms with Gasteiger partial charge in [0.15, 0.2) is 0 Å². The van der Waals surface area contributed by atoms with Crippen molar-refractivity contribution in [3.05, 3.63) is 267 Å². The first-order valence-electron chi connectivity index (χ1n) is 23.5. The Labute approximate surface area is 400 Å². The van der Waals surface area contributed by atoms with E-state index in [0.29, 0.717) is 0 Å². The fourth-order valence-electron chi connectivity index (χ4n) is 10.5. The number of para-hydroxylation sites is 3. The molecule has 13 aromatic rings. The Kier molecular flexibility index (Phi) is 9.80. The van der Waals surface area contributed by atoms with Gasteiger partial charge in [-0.05, 0) is 130 Å². The number of pyridine rings is 1. The van der Waals surface area contributed by atoms with E-state index >= 15 is 0 Å². The van der Waals surface area contributed by atoms with E-state index in [1.807, 2.05) is 18.5 Å². The minimum atomic E-state index is 1.02. The molecule has 0 saturated heterocycles. The van der Waals surface area contributed by atoms with E-state index in [-0.39, 0.29) is 0 Å². The predicted molar refractivity (Wildman–Crippen MR) is 289 cm³/mol. The molecule has 3 heterocycles. The molecule has 3 aromatic heterocycles. The molecule has 13 rings (SSSR count). The lowest BCUT2D eigenvalue weighted by Crippen LogP contribution is -2.09. The van der Waals surface area contributed by atoms with Crippen LogP contribution in [0.2, 0.25) is 0 Å². The average Bonchev–Trinajstić information content (AvgIpc) is 3.95. The van der Waals surface area contributed by atoms with Gasteiger partial charge in [-0.25, -0.2) is 0 Å². The van der Waals surface area contributed by atoms with Crippen LogP contribution in [-0.2, 0) is 0 Å². The normalized spacial score (nSPS) is 11.5. The Balaban J connectivity index is 0.968. The fourth-order valence-corrected chi connectivity index (χ4v) is 10.5. The van der Waals surface area contributed by atoms with Crippen LogP contribution in [0.1, 0.15) is 0 Å². The Hall–Kier alpha value is -9.25. The summed E-state index contributed by atoms with van der Waals surface area (Å²) >= 11 is 0. The summed E-state index contributed by atoms with van der Waals surface area (Å²) in [6.45, 7) is 0. The molecule has 0 radical (unpaired) electrons. The zero-order valence-electron chi connectivity index (χ0n) is 37.7. The molecule has 4 heteroatoms. The average molecular weight is 881 g/mol. The lowest BCUT2D eigenvalue weighted by Gasteiger charge is -2.26. The van der Waals surface area contributed by atoms with Gasteiger partial charge in [-0.15, -0.1) is 0 Å². The molecule has 0 fully saturated rings. The van der Waals surface area contributed by atoms with Crippen molar-refractivity contribution in [3.8, 4) is 55.9 Å². The zero-order chi connectivity index (χ0) is 45.7. The van der Waals surface area contributed by atoms with Crippen LogP contribution < -0.4 is 4.90 Å². The van der Waals surface area contributed by atoms with Gasteiger partial charge in [-0.2, -0.15) is 0 Å². The van der Waals surface area contributed by atoms with E-state index in [2.05, 4.69) is 268 Å². The van der Waals surface area contributed by atoms with Gasteiger partial charge in [-0.1, -0.05) is 164 Å². The van der Waals surface area contributed by atoms with Gasteiger partial charge >= 0.3 is 0 Å². The molecule has 10 aromatic carbocycles. The summed E-state index contributed by atoms with van der Waals surface area (Å²) in [4.78, 5) is 6.94. The Morgan fingerprint density at radius 3 is 1.61 bits per heavy atom. The van der Waals surface area contributed by atoms with Crippen LogP contribution in [0.15, 0.2) is 267 Å². The van der Waals surface area contributed by atoms with Crippen molar-refractivity contribution in [1.82, 2.24) is 14.1 Å². The van der Waals surface area contributed by atoms with Crippen LogP contribution >= 0.6 is 0 Å². The highest BCUT2D eigenvalue weighted by atomic mass is 15.1. The van der Waals surface area contributed by atoms with Gasteiger partial charge in [0.25, 0.3) is 0 Å². The van der Waals surface area contributed by atoms with E-state index in [9.17, 15) is 0 Å². The maximum Gasteiger partial charge on any atom is 0.0645 e. The monoisotopic (exact) mass is 880 g/mol. The molecule has 4 nitrogen and oxygen atoms in total. The van der Waals surface area contributed by atoms with Gasteiger partial charge in [-0.3, -0.25) is 4.98 Å². The first-order valence-corrected chi connectivity index (χ1v) is 23.5. The van der Waals surface area contributed by atoms with E-state index in [1.54, 1.807) is 0 Å². The topological polar surface area (TPSA) is 26.0 Å². The summed E-state index contributed by atoms with van der Waals surface area (Å²) in [6, 6.07) is 92.1. The maximum absolute atomic E-state index is 4.60. The van der Waals surface area contributed by atoms with Crippen LogP contribution in [-0.4, -0.2) is 14.1 Å². The molecule has 69 heavy (non-hydrogen) atoms. The van der Waals surface area contributed by atoms with Gasteiger partial charge in [0, 0.05) is 56.1 Å². The van der Waals surface area contributed by atoms with Crippen molar-refractivity contribution in [3.63, 3.8) is 0 Å². The van der Waals surface area contributed by atoms with E-state index < -0.39 is 0 Å². The molecule has 0 saturated carbocycles. The number of hydrogen-bond donors (Lipinski definition) is 0. The molecule has 0 amide bonds. The fraction of sp³-hybridized carbons (Fsp3) is 0. The second kappa shape index (κ2) is 16.9. The van der Waals surface area contributed by atoms with Crippen molar-refractivity contribution in [2.45, 2.75) is 0 Å². The number of aromatic nitrogens is 3. The van der Waals surface area contributed by atoms with Gasteiger partial charge in [0.1, 0.15) is 0 Å². The third-order valence-electron chi connectivity index (χ3n) is 13.6. The van der Waals surface area contributed by atoms with Gasteiger partial charge in [0.2, 0.25) is 0 Å². The summed E-state index contributed by atoms with van der Waals surface area (Å²) in [6.07, 6.45) is 3.81. The molecule has 0 aliphatic rings. The molecular formula is C65H44N4. The second-order valence-electron chi connectivity index (χ2n) is 17.6. The highest BCUT2D eigenvalue weighted by Gasteiger charge is 2.21. The van der Waals surface area contributed by atoms with E-state index in [1.165, 1.54) is 54.8 Å². The third-order valence-corrected chi connectivity index (χ3v) is 13.6. The van der Waals surface area contributed by atoms with Crippen LogP contribution in [0.3, 0.4) is 0 Å². The summed E-state index contributed by atoms with van der Waals surface area (Å²) in [7, 11) is 0. The molecule has 0 bridgehead atoms. The number of fused-ring (bicyclic) bond motifs is 6. The van der Waals surface area contributed by atoms with Crippen LogP contribution in [0.5, 0.6) is 0 Å². The highest BCUT2D eigenvalue weighted by molar-refractivity contribution is 6.17. The molecule has 0 aliphatic carbocycles. The standard InChI is InChI=1S/C65H44N4/c1-4-17-45(18-5-1)49-21-14-24-54(41-49)67(51-22-8-3-9-23-51)52-36-32-46(33-37-52)50-42-59(65-60(43-50)57-26-10-12-29-61(57)69(65)55-25-16-40-66-44-55)48-34-38-53(39-35-48)68-62-30-13-11-27-58(62)64-56(28-15-31-63(64)68)47-19-6-2-7-20-47/h1-44H. The van der Waals surface area contributed by atoms with Crippen molar-refractivity contribution >= 4 is 60.7 Å². The molecule has 0 unspecified atom stereocenters. The summed E-state index contributed by atoms with van der Waals surface area (Å²) in [5.74, 6) is 0. The first-order chi connectivity index (χ1) is 34.2. The number of hydrogen-bond acceptors (Lipinski definition) is 2. The largest absolute Gasteiger partial charge is 0.310 e. The predicted octanol–water partition coefficient (Wildman–Crippen LogP) is 17.4. The number of rotatable bonds is 9. The third kappa shape index (κ3) is 6.97. The van der Waals surface area contributed by atoms with Crippen molar-refractivity contribution < 1.29 is 0 Å². The quantitative estimate of drug-likeness (QED) is 0.144. The summed E-state index contributed by atoms with van der Waals surface area (Å²) < 4.78 is 4.80. The van der Waals surface area contributed by atoms with E-state index in [0.717, 1.165) is 61.7 Å².